The number of hydrogen-bond donors (Lipinski definition) is 0. The van der Waals surface area contributed by atoms with Crippen molar-refractivity contribution in [3.05, 3.63) is 256 Å². The third kappa shape index (κ3) is 6.36. The Bertz CT molecular complexity index is 3410. The second-order valence-corrected chi connectivity index (χ2v) is 23.3. The van der Waals surface area contributed by atoms with Crippen LogP contribution in [-0.2, 0) is 27.1 Å². The van der Waals surface area contributed by atoms with Gasteiger partial charge in [0.05, 0.1) is 11.1 Å². The molecule has 0 fully saturated rings. The van der Waals surface area contributed by atoms with Crippen molar-refractivity contribution < 1.29 is 0 Å². The molecule has 0 saturated heterocycles. The van der Waals surface area contributed by atoms with E-state index in [4.69, 9.17) is 0 Å². The molecular formula is C69H63N. The normalized spacial score (nSPS) is 15.3. The van der Waals surface area contributed by atoms with E-state index >= 15 is 0 Å². The highest BCUT2D eigenvalue weighted by Crippen LogP contribution is 2.61. The number of anilines is 3. The van der Waals surface area contributed by atoms with Crippen molar-refractivity contribution in [3.63, 3.8) is 0 Å². The molecule has 344 valence electrons. The molecule has 70 heavy (non-hydrogen) atoms. The minimum atomic E-state index is -0.569. The molecule has 3 aliphatic rings. The van der Waals surface area contributed by atoms with Gasteiger partial charge in [-0.3, -0.25) is 0 Å². The van der Waals surface area contributed by atoms with Crippen molar-refractivity contribution in [1.29, 1.82) is 0 Å². The van der Waals surface area contributed by atoms with Crippen LogP contribution in [0.1, 0.15) is 125 Å². The maximum atomic E-state index is 2.57. The predicted molar refractivity (Wildman–Crippen MR) is 296 cm³/mol. The monoisotopic (exact) mass is 905 g/mol. The van der Waals surface area contributed by atoms with Crippen LogP contribution in [0.4, 0.5) is 17.1 Å². The van der Waals surface area contributed by atoms with Gasteiger partial charge in [0.15, 0.2) is 0 Å². The first-order valence-corrected chi connectivity index (χ1v) is 25.3. The van der Waals surface area contributed by atoms with E-state index in [-0.39, 0.29) is 21.7 Å². The molecule has 0 heterocycles. The summed E-state index contributed by atoms with van der Waals surface area (Å²) in [5.41, 5.74) is 26.1. The van der Waals surface area contributed by atoms with E-state index in [0.29, 0.717) is 0 Å². The Morgan fingerprint density at radius 1 is 0.314 bits per heavy atom. The van der Waals surface area contributed by atoms with Crippen LogP contribution in [0, 0.1) is 0 Å². The van der Waals surface area contributed by atoms with Gasteiger partial charge in [-0.15, -0.1) is 0 Å². The summed E-state index contributed by atoms with van der Waals surface area (Å²) < 4.78 is 0. The van der Waals surface area contributed by atoms with E-state index in [0.717, 1.165) is 17.1 Å². The van der Waals surface area contributed by atoms with Gasteiger partial charge < -0.3 is 4.90 Å². The molecule has 0 aliphatic heterocycles. The first-order chi connectivity index (χ1) is 33.5. The van der Waals surface area contributed by atoms with E-state index in [1.807, 2.05) is 0 Å². The molecule has 9 aromatic carbocycles. The Balaban J connectivity index is 1.18. The van der Waals surface area contributed by atoms with E-state index in [1.165, 1.54) is 100 Å². The molecular weight excluding hydrogens is 843 g/mol. The van der Waals surface area contributed by atoms with Gasteiger partial charge in [-0.25, -0.2) is 0 Å². The maximum absolute atomic E-state index is 2.57. The Morgan fingerprint density at radius 3 is 1.26 bits per heavy atom. The third-order valence-electron chi connectivity index (χ3n) is 16.5. The molecule has 0 aromatic heterocycles. The van der Waals surface area contributed by atoms with Crippen LogP contribution < -0.4 is 4.90 Å². The van der Waals surface area contributed by atoms with Crippen molar-refractivity contribution in [2.75, 3.05) is 4.90 Å². The largest absolute Gasteiger partial charge is 0.310 e. The van der Waals surface area contributed by atoms with Gasteiger partial charge in [-0.05, 0) is 142 Å². The van der Waals surface area contributed by atoms with Gasteiger partial charge in [-0.1, -0.05) is 233 Å². The lowest BCUT2D eigenvalue weighted by molar-refractivity contribution is 0.586. The maximum Gasteiger partial charge on any atom is 0.0713 e. The Hall–Kier alpha value is -7.22. The van der Waals surface area contributed by atoms with Crippen molar-refractivity contribution in [1.82, 2.24) is 0 Å². The molecule has 0 saturated carbocycles. The quantitative estimate of drug-likeness (QED) is 0.161. The lowest BCUT2D eigenvalue weighted by Crippen LogP contribution is -2.29. The molecule has 3 aliphatic carbocycles. The van der Waals surface area contributed by atoms with E-state index in [2.05, 4.69) is 274 Å². The van der Waals surface area contributed by atoms with Crippen molar-refractivity contribution in [2.24, 2.45) is 0 Å². The molecule has 0 N–H and O–H groups in total. The van der Waals surface area contributed by atoms with Gasteiger partial charge in [0, 0.05) is 27.8 Å². The van der Waals surface area contributed by atoms with Crippen molar-refractivity contribution >= 4 is 17.1 Å². The van der Waals surface area contributed by atoms with Crippen LogP contribution in [0.5, 0.6) is 0 Å². The van der Waals surface area contributed by atoms with Crippen LogP contribution in [0.25, 0.3) is 44.5 Å². The summed E-state index contributed by atoms with van der Waals surface area (Å²) in [6, 6.07) is 76.8. The average Bonchev–Trinajstić information content (AvgIpc) is 3.88. The summed E-state index contributed by atoms with van der Waals surface area (Å²) >= 11 is 0. The SMILES string of the molecule is CC(C)(C)c1ccc2c(c1)C(c1ccccc1)(c1ccccc1)c1cc(C(C)(C)C)cc(-c3ccccc3N(c3ccc4c(c3)C(C)(C)c3ccccc3-4)c3ccc4c(c3)C(C)(C)c3ccccc3-4)c1-2. The van der Waals surface area contributed by atoms with Gasteiger partial charge in [0.2, 0.25) is 0 Å². The topological polar surface area (TPSA) is 3.24 Å². The van der Waals surface area contributed by atoms with Crippen LogP contribution in [0.3, 0.4) is 0 Å². The van der Waals surface area contributed by atoms with E-state index in [1.54, 1.807) is 0 Å². The lowest BCUT2D eigenvalue weighted by atomic mass is 9.66. The number of rotatable bonds is 6. The van der Waals surface area contributed by atoms with Crippen LogP contribution in [-0.4, -0.2) is 0 Å². The minimum Gasteiger partial charge on any atom is -0.310 e. The number of hydrogen-bond acceptors (Lipinski definition) is 1. The van der Waals surface area contributed by atoms with Gasteiger partial charge >= 0.3 is 0 Å². The molecule has 0 spiro atoms. The van der Waals surface area contributed by atoms with E-state index in [9.17, 15) is 0 Å². The second-order valence-electron chi connectivity index (χ2n) is 23.3. The smallest absolute Gasteiger partial charge is 0.0713 e. The summed E-state index contributed by atoms with van der Waals surface area (Å²) in [5, 5.41) is 0. The molecule has 0 bridgehead atoms. The first-order valence-electron chi connectivity index (χ1n) is 25.3. The highest BCUT2D eigenvalue weighted by Gasteiger charge is 2.48. The summed E-state index contributed by atoms with van der Waals surface area (Å²) in [4.78, 5) is 2.57. The van der Waals surface area contributed by atoms with E-state index < -0.39 is 5.41 Å². The molecule has 1 nitrogen and oxygen atoms in total. The van der Waals surface area contributed by atoms with Gasteiger partial charge in [0.1, 0.15) is 0 Å². The first kappa shape index (κ1) is 44.0. The highest BCUT2D eigenvalue weighted by atomic mass is 15.1. The fourth-order valence-electron chi connectivity index (χ4n) is 12.7. The van der Waals surface area contributed by atoms with Crippen LogP contribution in [0.2, 0.25) is 0 Å². The Labute approximate surface area is 416 Å². The summed E-state index contributed by atoms with van der Waals surface area (Å²) in [6.45, 7) is 23.7. The van der Waals surface area contributed by atoms with Crippen molar-refractivity contribution in [3.8, 4) is 44.5 Å². The number of para-hydroxylation sites is 1. The summed E-state index contributed by atoms with van der Waals surface area (Å²) in [5.74, 6) is 0. The molecule has 9 aromatic rings. The fraction of sp³-hybridized carbons (Fsp3) is 0.217. The Kier molecular flexibility index (Phi) is 9.68. The molecule has 12 rings (SSSR count). The fourth-order valence-corrected chi connectivity index (χ4v) is 12.7. The summed E-state index contributed by atoms with van der Waals surface area (Å²) in [7, 11) is 0. The average molecular weight is 906 g/mol. The number of benzene rings is 9. The zero-order valence-electron chi connectivity index (χ0n) is 42.5. The third-order valence-corrected chi connectivity index (χ3v) is 16.5. The highest BCUT2D eigenvalue weighted by molar-refractivity contribution is 6.01. The number of fused-ring (bicyclic) bond motifs is 9. The molecule has 0 atom stereocenters. The lowest BCUT2D eigenvalue weighted by Gasteiger charge is -2.36. The molecule has 0 unspecified atom stereocenters. The standard InChI is InChI=1S/C69H63N/c1-65(2,3)46-33-36-55-61(40-46)69(44-23-13-11-14-24-44,45-25-15-12-16-26-45)62-41-47(66(4,5)6)39-56(64(55)62)54-29-19-22-32-63(54)70(48-34-37-52-50-27-17-20-30-57(50)67(7,8)59(52)42-48)49-35-38-53-51-28-18-21-31-58(51)68(9,10)60(53)43-49/h11-43H,1-10H3. The minimum absolute atomic E-state index is 0.0486. The molecule has 0 amide bonds. The molecule has 0 radical (unpaired) electrons. The number of nitrogens with zero attached hydrogens (tertiary/aromatic N) is 1. The van der Waals surface area contributed by atoms with Crippen molar-refractivity contribution in [2.45, 2.75) is 96.3 Å². The predicted octanol–water partition coefficient (Wildman–Crippen LogP) is 18.4. The van der Waals surface area contributed by atoms with Crippen LogP contribution in [0.15, 0.2) is 200 Å². The molecule has 1 heteroatoms. The zero-order chi connectivity index (χ0) is 48.5. The Morgan fingerprint density at radius 2 is 0.743 bits per heavy atom. The van der Waals surface area contributed by atoms with Crippen LogP contribution >= 0.6 is 0 Å². The van der Waals surface area contributed by atoms with Gasteiger partial charge in [0.25, 0.3) is 0 Å². The second kappa shape index (κ2) is 15.4. The zero-order valence-corrected chi connectivity index (χ0v) is 42.5. The summed E-state index contributed by atoms with van der Waals surface area (Å²) in [6.07, 6.45) is 0. The van der Waals surface area contributed by atoms with Gasteiger partial charge in [-0.2, -0.15) is 0 Å².